The molecule has 0 radical (unpaired) electrons. The van der Waals surface area contributed by atoms with Crippen LogP contribution in [0.1, 0.15) is 6.99 Å². The monoisotopic (exact) mass is 182 g/mol. The topological polar surface area (TPSA) is 21.3 Å². The minimum Gasteiger partial charge on any atom is -0.326 e. The third-order valence-corrected chi connectivity index (χ3v) is 2.14. The van der Waals surface area contributed by atoms with E-state index in [1.165, 1.54) is 5.56 Å². The highest BCUT2D eigenvalue weighted by atomic mass is 28.3. The van der Waals surface area contributed by atoms with Crippen LogP contribution < -0.4 is 5.48 Å². The van der Waals surface area contributed by atoms with Gasteiger partial charge >= 0.3 is 1.43 Å². The Morgan fingerprint density at radius 3 is 2.58 bits per heavy atom. The van der Waals surface area contributed by atoms with Crippen LogP contribution in [0, 0.1) is 6.92 Å². The first kappa shape index (κ1) is 9.29. The summed E-state index contributed by atoms with van der Waals surface area (Å²) in [5.74, 6) is 0. The molecule has 0 unspecified atom stereocenters. The van der Waals surface area contributed by atoms with Gasteiger partial charge in [-0.3, -0.25) is 5.48 Å². The second-order valence-corrected chi connectivity index (χ2v) is 5.42. The molecular formula is C9H16NOSi+. The Labute approximate surface area is 76.7 Å². The molecule has 0 spiro atoms. The number of nitrogens with one attached hydrogen (secondary N) is 1. The summed E-state index contributed by atoms with van der Waals surface area (Å²) >= 11 is 0. The van der Waals surface area contributed by atoms with E-state index in [0.29, 0.717) is 0 Å². The second kappa shape index (κ2) is 4.28. The van der Waals surface area contributed by atoms with Crippen molar-refractivity contribution in [1.82, 2.24) is 0 Å². The quantitative estimate of drug-likeness (QED) is 0.572. The Morgan fingerprint density at radius 1 is 1.33 bits per heavy atom. The zero-order chi connectivity index (χ0) is 8.97. The number of aryl methyl sites for hydroxylation is 1. The molecule has 3 heteroatoms. The third-order valence-electron chi connectivity index (χ3n) is 1.55. The van der Waals surface area contributed by atoms with E-state index < -0.39 is 9.04 Å². The Kier molecular flexibility index (Phi) is 3.31. The normalized spacial score (nSPS) is 10.3. The maximum Gasteiger partial charge on any atom is 1.00 e. The number of para-hydroxylation sites is 1. The van der Waals surface area contributed by atoms with Gasteiger partial charge in [-0.25, -0.2) is 0 Å². The SMILES string of the molecule is Cc1ccccc1NO[SiH](C)C.[H+]. The van der Waals surface area contributed by atoms with Crippen LogP contribution in [0.5, 0.6) is 0 Å². The minimum absolute atomic E-state index is 0. The molecule has 1 aromatic carbocycles. The smallest absolute Gasteiger partial charge is 0.326 e. The van der Waals surface area contributed by atoms with Crippen LogP contribution in [-0.4, -0.2) is 9.04 Å². The molecule has 12 heavy (non-hydrogen) atoms. The lowest BCUT2D eigenvalue weighted by molar-refractivity contribution is 0.419. The maximum atomic E-state index is 5.40. The van der Waals surface area contributed by atoms with Crippen molar-refractivity contribution in [3.8, 4) is 0 Å². The van der Waals surface area contributed by atoms with Gasteiger partial charge in [0.15, 0.2) is 0 Å². The Hall–Kier alpha value is -0.803. The van der Waals surface area contributed by atoms with Gasteiger partial charge in [0.05, 0.1) is 5.69 Å². The molecule has 1 aromatic rings. The predicted octanol–water partition coefficient (Wildman–Crippen LogP) is 2.43. The summed E-state index contributed by atoms with van der Waals surface area (Å²) in [6.07, 6.45) is 0. The Balaban J connectivity index is 0.00000144. The van der Waals surface area contributed by atoms with E-state index in [1.54, 1.807) is 0 Å². The molecule has 0 fully saturated rings. The van der Waals surface area contributed by atoms with Gasteiger partial charge in [-0.2, -0.15) is 0 Å². The minimum atomic E-state index is -0.972. The van der Waals surface area contributed by atoms with Crippen molar-refractivity contribution in [2.45, 2.75) is 20.0 Å². The fourth-order valence-corrected chi connectivity index (χ4v) is 1.23. The summed E-state index contributed by atoms with van der Waals surface area (Å²) in [5.41, 5.74) is 5.26. The molecule has 0 aliphatic carbocycles. The number of hydrogen-bond donors (Lipinski definition) is 1. The highest BCUT2D eigenvalue weighted by Gasteiger charge is 1.97. The molecule has 0 bridgehead atoms. The lowest BCUT2D eigenvalue weighted by Crippen LogP contribution is -2.13. The summed E-state index contributed by atoms with van der Waals surface area (Å²) in [7, 11) is -0.972. The van der Waals surface area contributed by atoms with Crippen LogP contribution in [0.25, 0.3) is 0 Å². The lowest BCUT2D eigenvalue weighted by Gasteiger charge is -2.11. The van der Waals surface area contributed by atoms with Crippen LogP contribution >= 0.6 is 0 Å². The van der Waals surface area contributed by atoms with E-state index in [-0.39, 0.29) is 1.43 Å². The van der Waals surface area contributed by atoms with E-state index >= 15 is 0 Å². The van der Waals surface area contributed by atoms with Gasteiger partial charge in [0.1, 0.15) is 0 Å². The van der Waals surface area contributed by atoms with Crippen LogP contribution in [0.15, 0.2) is 24.3 Å². The number of benzene rings is 1. The highest BCUT2D eigenvalue weighted by molar-refractivity contribution is 6.48. The molecule has 0 aliphatic rings. The van der Waals surface area contributed by atoms with Crippen LogP contribution in [-0.2, 0) is 4.53 Å². The Morgan fingerprint density at radius 2 is 2.00 bits per heavy atom. The molecule has 1 rings (SSSR count). The van der Waals surface area contributed by atoms with Crippen molar-refractivity contribution in [1.29, 1.82) is 0 Å². The molecule has 0 amide bonds. The number of hydrogen-bond acceptors (Lipinski definition) is 2. The summed E-state index contributed by atoms with van der Waals surface area (Å²) in [4.78, 5) is 0. The van der Waals surface area contributed by atoms with Gasteiger partial charge in [0.25, 0.3) is 0 Å². The molecule has 0 atom stereocenters. The van der Waals surface area contributed by atoms with Gasteiger partial charge in [-0.1, -0.05) is 18.2 Å². The van der Waals surface area contributed by atoms with E-state index in [4.69, 9.17) is 4.53 Å². The number of anilines is 1. The zero-order valence-corrected chi connectivity index (χ0v) is 8.95. The van der Waals surface area contributed by atoms with Crippen molar-refractivity contribution in [2.24, 2.45) is 0 Å². The van der Waals surface area contributed by atoms with Gasteiger partial charge in [0.2, 0.25) is 9.04 Å². The molecule has 0 heterocycles. The molecule has 0 aromatic heterocycles. The average molecular weight is 182 g/mol. The molecule has 1 N–H and O–H groups in total. The molecule has 0 aliphatic heterocycles. The van der Waals surface area contributed by atoms with Crippen LogP contribution in [0.3, 0.4) is 0 Å². The summed E-state index contributed by atoms with van der Waals surface area (Å²) < 4.78 is 5.40. The molecule has 0 saturated carbocycles. The van der Waals surface area contributed by atoms with Crippen molar-refractivity contribution in [2.75, 3.05) is 5.48 Å². The summed E-state index contributed by atoms with van der Waals surface area (Å²) in [5, 5.41) is 0. The average Bonchev–Trinajstić information content (AvgIpc) is 2.03. The van der Waals surface area contributed by atoms with Crippen LogP contribution in [0.2, 0.25) is 13.1 Å². The lowest BCUT2D eigenvalue weighted by atomic mass is 10.2. The molecular weight excluding hydrogens is 166 g/mol. The highest BCUT2D eigenvalue weighted by Crippen LogP contribution is 2.12. The molecule has 2 nitrogen and oxygen atoms in total. The largest absolute Gasteiger partial charge is 1.00 e. The fraction of sp³-hybridized carbons (Fsp3) is 0.333. The van der Waals surface area contributed by atoms with Gasteiger partial charge < -0.3 is 4.53 Å². The van der Waals surface area contributed by atoms with E-state index in [2.05, 4.69) is 31.6 Å². The first-order valence-corrected chi connectivity index (χ1v) is 6.95. The first-order valence-electron chi connectivity index (χ1n) is 4.17. The van der Waals surface area contributed by atoms with Gasteiger partial charge in [-0.15, -0.1) is 0 Å². The first-order chi connectivity index (χ1) is 5.70. The van der Waals surface area contributed by atoms with E-state index in [9.17, 15) is 0 Å². The van der Waals surface area contributed by atoms with Crippen molar-refractivity contribution >= 4 is 14.7 Å². The van der Waals surface area contributed by atoms with E-state index in [1.807, 2.05) is 18.2 Å². The van der Waals surface area contributed by atoms with Crippen molar-refractivity contribution < 1.29 is 5.95 Å². The predicted molar refractivity (Wildman–Crippen MR) is 55.9 cm³/mol. The second-order valence-electron chi connectivity index (χ2n) is 3.08. The van der Waals surface area contributed by atoms with Crippen LogP contribution in [0.4, 0.5) is 5.69 Å². The fourth-order valence-electron chi connectivity index (χ4n) is 0.869. The maximum absolute atomic E-state index is 5.40. The molecule has 66 valence electrons. The standard InChI is InChI=1S/C9H15NOSi/c1-8-6-4-5-7-9(8)10-11-12(2)3/h4-7,10,12H,1-3H3/p+1. The Bertz CT molecular complexity index is 255. The van der Waals surface area contributed by atoms with Gasteiger partial charge in [-0.05, 0) is 31.6 Å². The van der Waals surface area contributed by atoms with E-state index in [0.717, 1.165) is 5.69 Å². The van der Waals surface area contributed by atoms with Crippen molar-refractivity contribution in [3.63, 3.8) is 0 Å². The molecule has 0 saturated heterocycles. The van der Waals surface area contributed by atoms with Gasteiger partial charge in [0, 0.05) is 0 Å². The summed E-state index contributed by atoms with van der Waals surface area (Å²) in [6, 6.07) is 8.10. The number of rotatable bonds is 3. The third kappa shape index (κ3) is 2.68. The van der Waals surface area contributed by atoms with Crippen molar-refractivity contribution in [3.05, 3.63) is 29.8 Å². The zero-order valence-electron chi connectivity index (χ0n) is 8.79. The summed E-state index contributed by atoms with van der Waals surface area (Å²) in [6.45, 7) is 6.32.